The maximum atomic E-state index is 12.6. The average molecular weight is 372 g/mol. The molecule has 0 saturated carbocycles. The fourth-order valence-corrected chi connectivity index (χ4v) is 4.35. The molecule has 1 amide bonds. The molecule has 0 N–H and O–H groups in total. The van der Waals surface area contributed by atoms with Crippen LogP contribution in [0.3, 0.4) is 0 Å². The lowest BCUT2D eigenvalue weighted by Gasteiger charge is -2.34. The van der Waals surface area contributed by atoms with Gasteiger partial charge in [0.1, 0.15) is 5.01 Å². The highest BCUT2D eigenvalue weighted by Gasteiger charge is 2.23. The minimum absolute atomic E-state index is 0.164. The molecule has 2 saturated heterocycles. The van der Waals surface area contributed by atoms with Gasteiger partial charge in [-0.25, -0.2) is 15.0 Å². The lowest BCUT2D eigenvalue weighted by molar-refractivity contribution is -0.130. The molecule has 0 radical (unpaired) electrons. The number of amides is 1. The van der Waals surface area contributed by atoms with E-state index in [0.29, 0.717) is 19.5 Å². The number of rotatable bonds is 5. The van der Waals surface area contributed by atoms with Crippen LogP contribution in [-0.2, 0) is 17.8 Å². The van der Waals surface area contributed by atoms with Crippen LogP contribution >= 0.6 is 11.3 Å². The molecular weight excluding hydrogens is 348 g/mol. The van der Waals surface area contributed by atoms with Gasteiger partial charge in [0.15, 0.2) is 0 Å². The van der Waals surface area contributed by atoms with Crippen LogP contribution in [0.2, 0.25) is 0 Å². The molecule has 26 heavy (non-hydrogen) atoms. The topological polar surface area (TPSA) is 65.5 Å². The van der Waals surface area contributed by atoms with E-state index in [1.807, 2.05) is 16.3 Å². The fraction of sp³-hybridized carbons (Fsp3) is 0.556. The molecule has 138 valence electrons. The first kappa shape index (κ1) is 17.4. The zero-order chi connectivity index (χ0) is 17.8. The summed E-state index contributed by atoms with van der Waals surface area (Å²) in [6, 6.07) is 1.81. The molecule has 0 bridgehead atoms. The smallest absolute Gasteiger partial charge is 0.228 e. The minimum Gasteiger partial charge on any atom is -0.339 e. The van der Waals surface area contributed by atoms with E-state index in [2.05, 4.69) is 24.8 Å². The third kappa shape index (κ3) is 4.19. The monoisotopic (exact) mass is 372 g/mol. The summed E-state index contributed by atoms with van der Waals surface area (Å²) in [6.07, 6.45) is 6.48. The Bertz CT molecular complexity index is 722. The molecule has 2 aliphatic heterocycles. The van der Waals surface area contributed by atoms with Gasteiger partial charge in [0.25, 0.3) is 0 Å². The van der Waals surface area contributed by atoms with Gasteiger partial charge in [0.05, 0.1) is 18.7 Å². The number of hydrogen-bond donors (Lipinski definition) is 0. The predicted molar refractivity (Wildman–Crippen MR) is 101 cm³/mol. The van der Waals surface area contributed by atoms with Gasteiger partial charge in [-0.3, -0.25) is 9.69 Å². The Hall–Kier alpha value is -2.06. The quantitative estimate of drug-likeness (QED) is 0.791. The van der Waals surface area contributed by atoms with E-state index < -0.39 is 0 Å². The van der Waals surface area contributed by atoms with E-state index in [1.165, 1.54) is 25.9 Å². The van der Waals surface area contributed by atoms with Crippen LogP contribution in [0.25, 0.3) is 0 Å². The van der Waals surface area contributed by atoms with Crippen LogP contribution in [0.15, 0.2) is 23.8 Å². The van der Waals surface area contributed by atoms with E-state index in [4.69, 9.17) is 0 Å². The SMILES string of the molecule is O=C(Cc1csc(CN2CCCC2)n1)N1CCN(c2ncccn2)CC1. The second kappa shape index (κ2) is 8.09. The number of hydrogen-bond acceptors (Lipinski definition) is 7. The number of piperazine rings is 1. The van der Waals surface area contributed by atoms with Gasteiger partial charge < -0.3 is 9.80 Å². The first-order valence-corrected chi connectivity index (χ1v) is 10.1. The first-order chi connectivity index (χ1) is 12.8. The number of aromatic nitrogens is 3. The predicted octanol–water partition coefficient (Wildman–Crippen LogP) is 1.42. The number of nitrogens with zero attached hydrogens (tertiary/aromatic N) is 6. The van der Waals surface area contributed by atoms with Gasteiger partial charge in [0.2, 0.25) is 11.9 Å². The molecule has 0 atom stereocenters. The van der Waals surface area contributed by atoms with Crippen molar-refractivity contribution < 1.29 is 4.79 Å². The molecule has 2 aromatic heterocycles. The molecule has 4 heterocycles. The molecular formula is C18H24N6OS. The van der Waals surface area contributed by atoms with Gasteiger partial charge in [-0.2, -0.15) is 0 Å². The largest absolute Gasteiger partial charge is 0.339 e. The zero-order valence-electron chi connectivity index (χ0n) is 14.9. The Morgan fingerprint density at radius 2 is 1.77 bits per heavy atom. The summed E-state index contributed by atoms with van der Waals surface area (Å²) in [5, 5.41) is 3.16. The van der Waals surface area contributed by atoms with Gasteiger partial charge in [-0.1, -0.05) is 0 Å². The molecule has 0 spiro atoms. The number of anilines is 1. The van der Waals surface area contributed by atoms with Gasteiger partial charge in [-0.05, 0) is 32.0 Å². The second-order valence-electron chi connectivity index (χ2n) is 6.81. The number of likely N-dealkylation sites (tertiary alicyclic amines) is 1. The summed E-state index contributed by atoms with van der Waals surface area (Å²) in [5.41, 5.74) is 0.906. The molecule has 2 aliphatic rings. The Kier molecular flexibility index (Phi) is 5.40. The summed E-state index contributed by atoms with van der Waals surface area (Å²) in [7, 11) is 0. The average Bonchev–Trinajstić information content (AvgIpc) is 3.35. The van der Waals surface area contributed by atoms with E-state index in [1.54, 1.807) is 23.7 Å². The Labute approximate surface area is 157 Å². The molecule has 4 rings (SSSR count). The van der Waals surface area contributed by atoms with Crippen molar-refractivity contribution in [1.82, 2.24) is 24.8 Å². The van der Waals surface area contributed by atoms with Crippen LogP contribution in [-0.4, -0.2) is 69.9 Å². The molecule has 2 fully saturated rings. The van der Waals surface area contributed by atoms with Crippen molar-refractivity contribution in [3.8, 4) is 0 Å². The van der Waals surface area contributed by atoms with Crippen LogP contribution in [0, 0.1) is 0 Å². The maximum absolute atomic E-state index is 12.6. The lowest BCUT2D eigenvalue weighted by atomic mass is 10.2. The Morgan fingerprint density at radius 1 is 1.04 bits per heavy atom. The van der Waals surface area contributed by atoms with Crippen LogP contribution in [0.5, 0.6) is 0 Å². The maximum Gasteiger partial charge on any atom is 0.228 e. The number of carbonyl (C=O) groups excluding carboxylic acids is 1. The normalized spacial score (nSPS) is 18.5. The molecule has 2 aromatic rings. The minimum atomic E-state index is 0.164. The molecule has 0 unspecified atom stereocenters. The third-order valence-electron chi connectivity index (χ3n) is 4.96. The van der Waals surface area contributed by atoms with Crippen molar-refractivity contribution in [2.75, 3.05) is 44.2 Å². The number of carbonyl (C=O) groups is 1. The summed E-state index contributed by atoms with van der Waals surface area (Å²) < 4.78 is 0. The molecule has 8 heteroatoms. The van der Waals surface area contributed by atoms with E-state index in [-0.39, 0.29) is 5.91 Å². The van der Waals surface area contributed by atoms with E-state index in [9.17, 15) is 4.79 Å². The van der Waals surface area contributed by atoms with Crippen molar-refractivity contribution in [3.63, 3.8) is 0 Å². The molecule has 7 nitrogen and oxygen atoms in total. The van der Waals surface area contributed by atoms with Crippen molar-refractivity contribution in [2.45, 2.75) is 25.8 Å². The first-order valence-electron chi connectivity index (χ1n) is 9.23. The third-order valence-corrected chi connectivity index (χ3v) is 5.84. The lowest BCUT2D eigenvalue weighted by Crippen LogP contribution is -2.49. The zero-order valence-corrected chi connectivity index (χ0v) is 15.7. The molecule has 0 aromatic carbocycles. The Morgan fingerprint density at radius 3 is 2.50 bits per heavy atom. The fourth-order valence-electron chi connectivity index (χ4n) is 3.51. The standard InChI is InChI=1S/C18H24N6OS/c25-17(12-15-14-26-16(21-15)13-22-6-1-2-7-22)23-8-10-24(11-9-23)18-19-4-3-5-20-18/h3-5,14H,1-2,6-13H2. The van der Waals surface area contributed by atoms with Crippen LogP contribution in [0.4, 0.5) is 5.95 Å². The highest BCUT2D eigenvalue weighted by atomic mass is 32.1. The second-order valence-corrected chi connectivity index (χ2v) is 7.75. The van der Waals surface area contributed by atoms with Crippen LogP contribution in [0.1, 0.15) is 23.5 Å². The number of thiazole rings is 1. The van der Waals surface area contributed by atoms with E-state index in [0.717, 1.165) is 36.3 Å². The van der Waals surface area contributed by atoms with Crippen molar-refractivity contribution >= 4 is 23.2 Å². The van der Waals surface area contributed by atoms with Crippen molar-refractivity contribution in [3.05, 3.63) is 34.5 Å². The highest BCUT2D eigenvalue weighted by Crippen LogP contribution is 2.17. The van der Waals surface area contributed by atoms with Crippen molar-refractivity contribution in [1.29, 1.82) is 0 Å². The van der Waals surface area contributed by atoms with Gasteiger partial charge in [0, 0.05) is 44.0 Å². The summed E-state index contributed by atoms with van der Waals surface area (Å²) in [5.74, 6) is 0.905. The summed E-state index contributed by atoms with van der Waals surface area (Å²) in [6.45, 7) is 6.23. The summed E-state index contributed by atoms with van der Waals surface area (Å²) in [4.78, 5) is 32.3. The summed E-state index contributed by atoms with van der Waals surface area (Å²) >= 11 is 1.67. The Balaban J connectivity index is 1.27. The van der Waals surface area contributed by atoms with Crippen LogP contribution < -0.4 is 4.90 Å². The van der Waals surface area contributed by atoms with Gasteiger partial charge >= 0.3 is 0 Å². The van der Waals surface area contributed by atoms with Gasteiger partial charge in [-0.15, -0.1) is 11.3 Å². The van der Waals surface area contributed by atoms with E-state index >= 15 is 0 Å². The van der Waals surface area contributed by atoms with Crippen molar-refractivity contribution in [2.24, 2.45) is 0 Å². The highest BCUT2D eigenvalue weighted by molar-refractivity contribution is 7.09. The molecule has 0 aliphatic carbocycles.